The Morgan fingerprint density at radius 2 is 1.00 bits per heavy atom. The van der Waals surface area contributed by atoms with Crippen LogP contribution in [0.3, 0.4) is 0 Å². The van der Waals surface area contributed by atoms with Crippen LogP contribution in [0.25, 0.3) is 0 Å². The van der Waals surface area contributed by atoms with E-state index in [4.69, 9.17) is 18.9 Å². The molecule has 0 aliphatic heterocycles. The summed E-state index contributed by atoms with van der Waals surface area (Å²) in [7, 11) is -1.67. The second-order valence-corrected chi connectivity index (χ2v) is 0.490. The molecule has 0 atom stereocenters. The zero-order valence-corrected chi connectivity index (χ0v) is 10.1. The van der Waals surface area contributed by atoms with Crippen molar-refractivity contribution in [3.8, 4) is 0 Å². The van der Waals surface area contributed by atoms with Crippen LogP contribution in [0.15, 0.2) is 0 Å². The molecular weight excluding hydrogens is 215 g/mol. The summed E-state index contributed by atoms with van der Waals surface area (Å²) in [6.45, 7) is 4.00. The molecule has 0 saturated heterocycles. The molecule has 4 nitrogen and oxygen atoms in total. The Bertz CT molecular complexity index is 37.5. The van der Waals surface area contributed by atoms with Crippen LogP contribution < -0.4 is 0 Å². The molecule has 0 rings (SSSR count). The fraction of sp³-hybridized carbons (Fsp3) is 1.00. The average Bonchev–Trinajstić information content (AvgIpc) is 1.75. The fourth-order valence-electron chi connectivity index (χ4n) is 0. The standard InChI is InChI=1S/C2H6.2HO2P.Zn/c1-2;2*1-3-2;/h1-2H3;2*(H,1,2);/q;;;+2. The Labute approximate surface area is 70.0 Å². The summed E-state index contributed by atoms with van der Waals surface area (Å²) in [5.74, 6) is 0. The molecule has 0 bridgehead atoms. The maximum absolute atomic E-state index is 8.46. The number of hydrogen-bond donors (Lipinski definition) is 2. The first-order valence-corrected chi connectivity index (χ1v) is 3.30. The quantitative estimate of drug-likeness (QED) is 0.481. The molecule has 0 aromatic carbocycles. The number of rotatable bonds is 0. The van der Waals surface area contributed by atoms with E-state index in [1.165, 1.54) is 0 Å². The third-order valence-electron chi connectivity index (χ3n) is 0. The van der Waals surface area contributed by atoms with Gasteiger partial charge in [-0.25, -0.2) is 9.13 Å². The van der Waals surface area contributed by atoms with Crippen LogP contribution in [0.2, 0.25) is 0 Å². The fourth-order valence-corrected chi connectivity index (χ4v) is 0. The Morgan fingerprint density at radius 3 is 1.00 bits per heavy atom. The first-order chi connectivity index (χ1) is 3.83. The van der Waals surface area contributed by atoms with Crippen molar-refractivity contribution in [3.05, 3.63) is 0 Å². The minimum atomic E-state index is -0.833. The Morgan fingerprint density at radius 1 is 1.00 bits per heavy atom. The summed E-state index contributed by atoms with van der Waals surface area (Å²) in [4.78, 5) is 14.0. The van der Waals surface area contributed by atoms with Crippen LogP contribution in [-0.4, -0.2) is 9.79 Å². The third-order valence-corrected chi connectivity index (χ3v) is 0. The molecule has 0 saturated carbocycles. The zero-order valence-electron chi connectivity index (χ0n) is 5.31. The maximum Gasteiger partial charge on any atom is 2.00 e. The number of hydrogen-bond acceptors (Lipinski definition) is 2. The minimum Gasteiger partial charge on any atom is -0.310 e. The molecule has 0 aromatic rings. The molecule has 9 heavy (non-hydrogen) atoms. The summed E-state index contributed by atoms with van der Waals surface area (Å²) in [5, 5.41) is 0. The van der Waals surface area contributed by atoms with Crippen molar-refractivity contribution >= 4 is 17.4 Å². The van der Waals surface area contributed by atoms with E-state index in [1.54, 1.807) is 0 Å². The molecule has 0 heterocycles. The van der Waals surface area contributed by atoms with E-state index in [0.717, 1.165) is 0 Å². The van der Waals surface area contributed by atoms with Gasteiger partial charge in [0.05, 0.1) is 0 Å². The third kappa shape index (κ3) is 719. The van der Waals surface area contributed by atoms with Crippen LogP contribution in [0.1, 0.15) is 13.8 Å². The summed E-state index contributed by atoms with van der Waals surface area (Å²) < 4.78 is 16.9. The van der Waals surface area contributed by atoms with Crippen LogP contribution in [0, 0.1) is 0 Å². The van der Waals surface area contributed by atoms with Gasteiger partial charge in [-0.05, 0) is 0 Å². The van der Waals surface area contributed by atoms with Crippen molar-refractivity contribution in [1.82, 2.24) is 0 Å². The van der Waals surface area contributed by atoms with Gasteiger partial charge in [-0.3, -0.25) is 0 Å². The molecule has 0 amide bonds. The Kier molecular flexibility index (Phi) is 175. The van der Waals surface area contributed by atoms with Crippen molar-refractivity contribution in [2.45, 2.75) is 13.8 Å². The van der Waals surface area contributed by atoms with E-state index in [2.05, 4.69) is 0 Å². The van der Waals surface area contributed by atoms with Crippen LogP contribution in [-0.2, 0) is 28.6 Å². The second kappa shape index (κ2) is 69.7. The van der Waals surface area contributed by atoms with Crippen molar-refractivity contribution in [1.29, 1.82) is 0 Å². The molecular formula is C2H8O4P2Zn+2. The SMILES string of the molecule is CC.O=PO.O=PO.[Zn+2]. The van der Waals surface area contributed by atoms with Crippen molar-refractivity contribution in [2.24, 2.45) is 0 Å². The molecule has 0 unspecified atom stereocenters. The van der Waals surface area contributed by atoms with Gasteiger partial charge in [0, 0.05) is 0 Å². The van der Waals surface area contributed by atoms with Gasteiger partial charge in [-0.15, -0.1) is 0 Å². The van der Waals surface area contributed by atoms with E-state index in [1.807, 2.05) is 13.8 Å². The van der Waals surface area contributed by atoms with Crippen LogP contribution >= 0.6 is 17.4 Å². The van der Waals surface area contributed by atoms with Crippen LogP contribution in [0.5, 0.6) is 0 Å². The first-order valence-electron chi connectivity index (χ1n) is 1.77. The summed E-state index contributed by atoms with van der Waals surface area (Å²) in [6, 6.07) is 0. The van der Waals surface area contributed by atoms with Crippen molar-refractivity contribution in [3.63, 3.8) is 0 Å². The van der Waals surface area contributed by atoms with E-state index in [0.29, 0.717) is 0 Å². The van der Waals surface area contributed by atoms with E-state index in [-0.39, 0.29) is 19.5 Å². The molecule has 0 spiro atoms. The van der Waals surface area contributed by atoms with Gasteiger partial charge in [-0.2, -0.15) is 0 Å². The molecule has 7 heteroatoms. The molecule has 0 aliphatic rings. The Hall–Kier alpha value is 0.743. The van der Waals surface area contributed by atoms with Gasteiger partial charge >= 0.3 is 36.9 Å². The summed E-state index contributed by atoms with van der Waals surface area (Å²) >= 11 is 0. The van der Waals surface area contributed by atoms with Gasteiger partial charge in [0.25, 0.3) is 0 Å². The van der Waals surface area contributed by atoms with Gasteiger partial charge in [0.15, 0.2) is 0 Å². The zero-order chi connectivity index (χ0) is 7.41. The van der Waals surface area contributed by atoms with E-state index < -0.39 is 17.4 Å². The normalized spacial score (nSPS) is 5.33. The van der Waals surface area contributed by atoms with Gasteiger partial charge in [-0.1, -0.05) is 13.8 Å². The Balaban J connectivity index is -0.0000000202. The summed E-state index contributed by atoms with van der Waals surface area (Å²) in [5.41, 5.74) is 0. The van der Waals surface area contributed by atoms with Gasteiger partial charge < -0.3 is 9.79 Å². The molecule has 50 valence electrons. The molecule has 0 aliphatic carbocycles. The molecule has 0 fully saturated rings. The van der Waals surface area contributed by atoms with Gasteiger partial charge in [0.2, 0.25) is 0 Å². The van der Waals surface area contributed by atoms with Crippen LogP contribution in [0.4, 0.5) is 0 Å². The van der Waals surface area contributed by atoms with Crippen molar-refractivity contribution < 1.29 is 38.4 Å². The summed E-state index contributed by atoms with van der Waals surface area (Å²) in [6.07, 6.45) is 0. The smallest absolute Gasteiger partial charge is 0.310 e. The monoisotopic (exact) mass is 222 g/mol. The molecule has 0 radical (unpaired) electrons. The largest absolute Gasteiger partial charge is 2.00 e. The predicted octanol–water partition coefficient (Wildman–Crippen LogP) is 1.39. The van der Waals surface area contributed by atoms with E-state index >= 15 is 0 Å². The average molecular weight is 223 g/mol. The topological polar surface area (TPSA) is 74.6 Å². The molecule has 2 N–H and O–H groups in total. The molecule has 0 aromatic heterocycles. The second-order valence-electron chi connectivity index (χ2n) is 0.163. The first kappa shape index (κ1) is 22.6. The van der Waals surface area contributed by atoms with E-state index in [9.17, 15) is 0 Å². The maximum atomic E-state index is 8.46. The predicted molar refractivity (Wildman–Crippen MR) is 31.0 cm³/mol. The van der Waals surface area contributed by atoms with Gasteiger partial charge in [0.1, 0.15) is 0 Å². The minimum absolute atomic E-state index is 0. The van der Waals surface area contributed by atoms with Crippen molar-refractivity contribution in [2.75, 3.05) is 0 Å².